The van der Waals surface area contributed by atoms with Gasteiger partial charge in [0.2, 0.25) is 0 Å². The minimum absolute atomic E-state index is 0.147. The van der Waals surface area contributed by atoms with Crippen molar-refractivity contribution in [3.8, 4) is 0 Å². The number of benzene rings is 1. The predicted octanol–water partition coefficient (Wildman–Crippen LogP) is 1.86. The largest absolute Gasteiger partial charge is 0.271 e. The Kier molecular flexibility index (Phi) is 2.88. The van der Waals surface area contributed by atoms with Crippen LogP contribution in [0.1, 0.15) is 18.5 Å². The van der Waals surface area contributed by atoms with E-state index in [1.54, 1.807) is 0 Å². The van der Waals surface area contributed by atoms with Gasteiger partial charge in [-0.25, -0.2) is 0 Å². The maximum atomic E-state index is 5.78. The molecule has 0 spiro atoms. The Hall–Kier alpha value is -0.570. The van der Waals surface area contributed by atoms with E-state index < -0.39 is 0 Å². The number of rotatable bonds is 2. The minimum atomic E-state index is 0.147. The van der Waals surface area contributed by atoms with E-state index in [0.717, 1.165) is 10.6 Å². The van der Waals surface area contributed by atoms with E-state index in [4.69, 9.17) is 17.4 Å². The van der Waals surface area contributed by atoms with Crippen LogP contribution < -0.4 is 11.3 Å². The molecule has 1 atom stereocenters. The molecule has 0 fully saturated rings. The molecule has 3 N–H and O–H groups in total. The fraction of sp³-hybridized carbons (Fsp3) is 0.250. The Morgan fingerprint density at radius 1 is 1.55 bits per heavy atom. The lowest BCUT2D eigenvalue weighted by Gasteiger charge is -2.09. The molecule has 0 heterocycles. The third kappa shape index (κ3) is 2.19. The van der Waals surface area contributed by atoms with E-state index in [1.807, 2.05) is 31.2 Å². The Bertz CT molecular complexity index is 237. The first-order valence-corrected chi connectivity index (χ1v) is 3.83. The van der Waals surface area contributed by atoms with Crippen LogP contribution in [0.25, 0.3) is 0 Å². The van der Waals surface area contributed by atoms with E-state index in [-0.39, 0.29) is 6.04 Å². The third-order valence-corrected chi connectivity index (χ3v) is 1.83. The van der Waals surface area contributed by atoms with E-state index in [2.05, 4.69) is 5.43 Å². The maximum Gasteiger partial charge on any atom is 0.0432 e. The predicted molar refractivity (Wildman–Crippen MR) is 47.2 cm³/mol. The number of nitrogens with one attached hydrogen (secondary N) is 1. The maximum absolute atomic E-state index is 5.78. The average molecular weight is 171 g/mol. The van der Waals surface area contributed by atoms with Crippen LogP contribution in [-0.4, -0.2) is 0 Å². The van der Waals surface area contributed by atoms with E-state index in [9.17, 15) is 0 Å². The molecule has 60 valence electrons. The van der Waals surface area contributed by atoms with Gasteiger partial charge in [0.15, 0.2) is 0 Å². The number of hydrogen-bond donors (Lipinski definition) is 2. The van der Waals surface area contributed by atoms with Gasteiger partial charge >= 0.3 is 0 Å². The summed E-state index contributed by atoms with van der Waals surface area (Å²) in [6.07, 6.45) is 0. The summed E-state index contributed by atoms with van der Waals surface area (Å²) < 4.78 is 0. The zero-order valence-electron chi connectivity index (χ0n) is 6.34. The summed E-state index contributed by atoms with van der Waals surface area (Å²) in [5.41, 5.74) is 3.75. The highest BCUT2D eigenvalue weighted by Crippen LogP contribution is 2.16. The number of hydrazine groups is 1. The zero-order valence-corrected chi connectivity index (χ0v) is 7.10. The van der Waals surface area contributed by atoms with Gasteiger partial charge in [0.1, 0.15) is 0 Å². The second-order valence-corrected chi connectivity index (χ2v) is 2.88. The molecule has 0 radical (unpaired) electrons. The highest BCUT2D eigenvalue weighted by molar-refractivity contribution is 6.30. The third-order valence-electron chi connectivity index (χ3n) is 1.60. The highest BCUT2D eigenvalue weighted by atomic mass is 35.5. The molecular weight excluding hydrogens is 160 g/mol. The van der Waals surface area contributed by atoms with Crippen molar-refractivity contribution in [1.82, 2.24) is 5.43 Å². The molecule has 1 aromatic rings. The summed E-state index contributed by atoms with van der Waals surface area (Å²) in [6.45, 7) is 1.98. The summed E-state index contributed by atoms with van der Waals surface area (Å²) >= 11 is 5.78. The molecule has 11 heavy (non-hydrogen) atoms. The number of hydrogen-bond acceptors (Lipinski definition) is 2. The van der Waals surface area contributed by atoms with E-state index >= 15 is 0 Å². The topological polar surface area (TPSA) is 38.0 Å². The molecule has 0 unspecified atom stereocenters. The Labute approximate surface area is 71.3 Å². The summed E-state index contributed by atoms with van der Waals surface area (Å²) in [5.74, 6) is 5.26. The standard InChI is InChI=1S/C8H11ClN2/c1-6(11-10)7-3-2-4-8(9)5-7/h2-6,11H,10H2,1H3/t6-/m1/s1. The lowest BCUT2D eigenvalue weighted by molar-refractivity contribution is 0.602. The van der Waals surface area contributed by atoms with Crippen LogP contribution in [0.5, 0.6) is 0 Å². The fourth-order valence-electron chi connectivity index (χ4n) is 0.872. The molecule has 0 aliphatic rings. The molecule has 0 saturated carbocycles. The lowest BCUT2D eigenvalue weighted by Crippen LogP contribution is -2.25. The van der Waals surface area contributed by atoms with Crippen LogP contribution in [0.4, 0.5) is 0 Å². The van der Waals surface area contributed by atoms with E-state index in [0.29, 0.717) is 0 Å². The summed E-state index contributed by atoms with van der Waals surface area (Å²) in [6, 6.07) is 7.77. The molecule has 0 amide bonds. The van der Waals surface area contributed by atoms with Crippen molar-refractivity contribution in [3.05, 3.63) is 34.9 Å². The Morgan fingerprint density at radius 3 is 2.82 bits per heavy atom. The molecule has 0 aliphatic heterocycles. The summed E-state index contributed by atoms with van der Waals surface area (Å²) in [4.78, 5) is 0. The van der Waals surface area contributed by atoms with Gasteiger partial charge in [0.25, 0.3) is 0 Å². The van der Waals surface area contributed by atoms with Gasteiger partial charge in [-0.15, -0.1) is 0 Å². The van der Waals surface area contributed by atoms with Crippen LogP contribution in [0, 0.1) is 0 Å². The first kappa shape index (κ1) is 8.53. The Morgan fingerprint density at radius 2 is 2.27 bits per heavy atom. The smallest absolute Gasteiger partial charge is 0.0432 e. The van der Waals surface area contributed by atoms with Gasteiger partial charge in [-0.3, -0.25) is 11.3 Å². The fourth-order valence-corrected chi connectivity index (χ4v) is 1.07. The van der Waals surface area contributed by atoms with Crippen LogP contribution >= 0.6 is 11.6 Å². The van der Waals surface area contributed by atoms with Gasteiger partial charge in [-0.05, 0) is 24.6 Å². The minimum Gasteiger partial charge on any atom is -0.271 e. The van der Waals surface area contributed by atoms with E-state index in [1.165, 1.54) is 0 Å². The summed E-state index contributed by atoms with van der Waals surface area (Å²) in [7, 11) is 0. The molecule has 0 bridgehead atoms. The first-order chi connectivity index (χ1) is 5.24. The zero-order chi connectivity index (χ0) is 8.27. The summed E-state index contributed by atoms with van der Waals surface area (Å²) in [5, 5.41) is 0.740. The van der Waals surface area contributed by atoms with Crippen molar-refractivity contribution >= 4 is 11.6 Å². The van der Waals surface area contributed by atoms with Gasteiger partial charge in [-0.2, -0.15) is 0 Å². The van der Waals surface area contributed by atoms with Gasteiger partial charge in [0.05, 0.1) is 0 Å². The van der Waals surface area contributed by atoms with Crippen molar-refractivity contribution < 1.29 is 0 Å². The molecule has 1 rings (SSSR count). The van der Waals surface area contributed by atoms with Crippen LogP contribution in [0.2, 0.25) is 5.02 Å². The highest BCUT2D eigenvalue weighted by Gasteiger charge is 2.01. The van der Waals surface area contributed by atoms with Gasteiger partial charge in [0, 0.05) is 11.1 Å². The van der Waals surface area contributed by atoms with Crippen LogP contribution in [0.3, 0.4) is 0 Å². The average Bonchev–Trinajstić information content (AvgIpc) is 2.03. The first-order valence-electron chi connectivity index (χ1n) is 3.45. The van der Waals surface area contributed by atoms with Crippen molar-refractivity contribution in [1.29, 1.82) is 0 Å². The van der Waals surface area contributed by atoms with Crippen molar-refractivity contribution in [2.45, 2.75) is 13.0 Å². The molecule has 2 nitrogen and oxygen atoms in total. The SMILES string of the molecule is C[C@@H](NN)c1cccc(Cl)c1. The van der Waals surface area contributed by atoms with Crippen molar-refractivity contribution in [2.24, 2.45) is 5.84 Å². The number of nitrogens with two attached hydrogens (primary N) is 1. The van der Waals surface area contributed by atoms with Gasteiger partial charge < -0.3 is 0 Å². The van der Waals surface area contributed by atoms with Crippen LogP contribution in [0.15, 0.2) is 24.3 Å². The van der Waals surface area contributed by atoms with Crippen molar-refractivity contribution in [3.63, 3.8) is 0 Å². The second-order valence-electron chi connectivity index (χ2n) is 2.44. The second kappa shape index (κ2) is 3.72. The molecular formula is C8H11ClN2. The lowest BCUT2D eigenvalue weighted by atomic mass is 10.1. The molecule has 0 aromatic heterocycles. The molecule has 3 heteroatoms. The quantitative estimate of drug-likeness (QED) is 0.525. The van der Waals surface area contributed by atoms with Crippen molar-refractivity contribution in [2.75, 3.05) is 0 Å². The molecule has 1 aromatic carbocycles. The number of halogens is 1. The van der Waals surface area contributed by atoms with Crippen LogP contribution in [-0.2, 0) is 0 Å². The Balaban J connectivity index is 2.86. The normalized spacial score (nSPS) is 13.0. The monoisotopic (exact) mass is 170 g/mol. The molecule has 0 aliphatic carbocycles. The molecule has 0 saturated heterocycles. The van der Waals surface area contributed by atoms with Gasteiger partial charge in [-0.1, -0.05) is 23.7 Å².